The van der Waals surface area contributed by atoms with Crippen molar-refractivity contribution in [3.63, 3.8) is 0 Å². The van der Waals surface area contributed by atoms with E-state index < -0.39 is 17.9 Å². The highest BCUT2D eigenvalue weighted by molar-refractivity contribution is 5.93. The molecule has 0 unspecified atom stereocenters. The lowest BCUT2D eigenvalue weighted by atomic mass is 10.1. The Labute approximate surface area is 117 Å². The third kappa shape index (κ3) is 3.36. The predicted octanol–water partition coefficient (Wildman–Crippen LogP) is 2.49. The number of rotatable bonds is 6. The summed E-state index contributed by atoms with van der Waals surface area (Å²) in [6.45, 7) is 2.43. The number of esters is 2. The molecule has 1 saturated heterocycles. The largest absolute Gasteiger partial charge is 0.405 e. The molecule has 0 spiro atoms. The van der Waals surface area contributed by atoms with E-state index in [0.717, 1.165) is 19.3 Å². The van der Waals surface area contributed by atoms with Crippen LogP contribution in [-0.2, 0) is 29.8 Å². The van der Waals surface area contributed by atoms with Crippen LogP contribution in [0, 0.1) is 0 Å². The molecule has 1 aromatic carbocycles. The molecular formula is C15H18O5. The van der Waals surface area contributed by atoms with Crippen molar-refractivity contribution in [1.82, 2.24) is 0 Å². The van der Waals surface area contributed by atoms with Gasteiger partial charge in [-0.2, -0.15) is 0 Å². The first-order valence-corrected chi connectivity index (χ1v) is 6.79. The van der Waals surface area contributed by atoms with Gasteiger partial charge in [0.1, 0.15) is 6.42 Å². The average molecular weight is 278 g/mol. The highest BCUT2D eigenvalue weighted by Crippen LogP contribution is 2.33. The van der Waals surface area contributed by atoms with Gasteiger partial charge < -0.3 is 14.2 Å². The van der Waals surface area contributed by atoms with Crippen LogP contribution >= 0.6 is 0 Å². The van der Waals surface area contributed by atoms with Crippen molar-refractivity contribution in [3.8, 4) is 0 Å². The topological polar surface area (TPSA) is 61.8 Å². The molecule has 0 N–H and O–H groups in total. The molecule has 0 bridgehead atoms. The normalized spacial score (nSPS) is 17.4. The van der Waals surface area contributed by atoms with Gasteiger partial charge in [0.25, 0.3) is 0 Å². The van der Waals surface area contributed by atoms with Crippen LogP contribution in [0.1, 0.15) is 38.2 Å². The molecule has 1 aromatic rings. The van der Waals surface area contributed by atoms with Gasteiger partial charge in [-0.3, -0.25) is 9.59 Å². The van der Waals surface area contributed by atoms with Crippen molar-refractivity contribution in [3.05, 3.63) is 35.9 Å². The molecule has 0 saturated carbocycles. The first-order valence-electron chi connectivity index (χ1n) is 6.79. The molecule has 0 aromatic heterocycles. The van der Waals surface area contributed by atoms with E-state index in [1.807, 2.05) is 6.07 Å². The van der Waals surface area contributed by atoms with Crippen molar-refractivity contribution in [1.29, 1.82) is 0 Å². The van der Waals surface area contributed by atoms with Crippen LogP contribution in [0.15, 0.2) is 30.3 Å². The SMILES string of the molecule is CCCCCOC1(c2ccccc2)OC(=O)CC(=O)O1. The Morgan fingerprint density at radius 2 is 1.75 bits per heavy atom. The first kappa shape index (κ1) is 14.5. The van der Waals surface area contributed by atoms with Gasteiger partial charge in [0.15, 0.2) is 0 Å². The standard InChI is InChI=1S/C15H18O5/c1-2-3-7-10-18-15(12-8-5-4-6-9-12)19-13(16)11-14(17)20-15/h4-6,8-9H,2-3,7,10-11H2,1H3. The van der Waals surface area contributed by atoms with Crippen LogP contribution in [0.25, 0.3) is 0 Å². The van der Waals surface area contributed by atoms with Gasteiger partial charge in [-0.1, -0.05) is 38.0 Å². The van der Waals surface area contributed by atoms with Gasteiger partial charge >= 0.3 is 17.9 Å². The number of cyclic esters (lactones) is 2. The molecular weight excluding hydrogens is 260 g/mol. The molecule has 1 heterocycles. The monoisotopic (exact) mass is 278 g/mol. The highest BCUT2D eigenvalue weighted by atomic mass is 16.9. The maximum atomic E-state index is 11.5. The zero-order chi connectivity index (χ0) is 14.4. The third-order valence-corrected chi connectivity index (χ3v) is 2.95. The lowest BCUT2D eigenvalue weighted by molar-refractivity contribution is -0.366. The molecule has 2 rings (SSSR count). The molecule has 5 heteroatoms. The molecule has 20 heavy (non-hydrogen) atoms. The summed E-state index contributed by atoms with van der Waals surface area (Å²) in [7, 11) is 0. The average Bonchev–Trinajstić information content (AvgIpc) is 2.44. The lowest BCUT2D eigenvalue weighted by Crippen LogP contribution is -2.45. The fourth-order valence-electron chi connectivity index (χ4n) is 1.97. The summed E-state index contributed by atoms with van der Waals surface area (Å²) in [4.78, 5) is 23.1. The number of hydrogen-bond acceptors (Lipinski definition) is 5. The summed E-state index contributed by atoms with van der Waals surface area (Å²) in [6, 6.07) is 8.75. The van der Waals surface area contributed by atoms with Gasteiger partial charge in [0, 0.05) is 0 Å². The maximum absolute atomic E-state index is 11.5. The van der Waals surface area contributed by atoms with Crippen molar-refractivity contribution in [2.24, 2.45) is 0 Å². The minimum Gasteiger partial charge on any atom is -0.394 e. The van der Waals surface area contributed by atoms with E-state index in [1.165, 1.54) is 0 Å². The summed E-state index contributed by atoms with van der Waals surface area (Å²) in [5, 5.41) is 0. The Hall–Kier alpha value is -1.88. The van der Waals surface area contributed by atoms with E-state index in [1.54, 1.807) is 24.3 Å². The molecule has 1 aliphatic rings. The molecule has 0 amide bonds. The van der Waals surface area contributed by atoms with Crippen LogP contribution in [0.2, 0.25) is 0 Å². The fraction of sp³-hybridized carbons (Fsp3) is 0.467. The van der Waals surface area contributed by atoms with E-state index >= 15 is 0 Å². The van der Waals surface area contributed by atoms with Crippen molar-refractivity contribution in [2.75, 3.05) is 6.61 Å². The maximum Gasteiger partial charge on any atom is 0.405 e. The number of ether oxygens (including phenoxy) is 3. The predicted molar refractivity (Wildman–Crippen MR) is 70.4 cm³/mol. The number of carbonyl (C=O) groups excluding carboxylic acids is 2. The first-order chi connectivity index (χ1) is 9.66. The summed E-state index contributed by atoms with van der Waals surface area (Å²) in [5.74, 6) is -3.01. The third-order valence-electron chi connectivity index (χ3n) is 2.95. The zero-order valence-electron chi connectivity index (χ0n) is 11.5. The van der Waals surface area contributed by atoms with Gasteiger partial charge in [-0.15, -0.1) is 0 Å². The van der Waals surface area contributed by atoms with E-state index in [0.29, 0.717) is 12.2 Å². The molecule has 1 aliphatic heterocycles. The summed E-state index contributed by atoms with van der Waals surface area (Å²) < 4.78 is 16.0. The Balaban J connectivity index is 2.19. The van der Waals surface area contributed by atoms with Crippen LogP contribution in [-0.4, -0.2) is 18.5 Å². The number of hydrogen-bond donors (Lipinski definition) is 0. The number of benzene rings is 1. The number of unbranched alkanes of at least 4 members (excludes halogenated alkanes) is 2. The number of carbonyl (C=O) groups is 2. The van der Waals surface area contributed by atoms with E-state index in [2.05, 4.69) is 6.92 Å². The van der Waals surface area contributed by atoms with E-state index in [-0.39, 0.29) is 6.42 Å². The minimum absolute atomic E-state index is 0.350. The van der Waals surface area contributed by atoms with E-state index in [4.69, 9.17) is 14.2 Å². The molecule has 5 nitrogen and oxygen atoms in total. The smallest absolute Gasteiger partial charge is 0.394 e. The Kier molecular flexibility index (Phi) is 4.74. The van der Waals surface area contributed by atoms with Gasteiger partial charge in [0.2, 0.25) is 0 Å². The van der Waals surface area contributed by atoms with Gasteiger partial charge in [-0.05, 0) is 18.6 Å². The quantitative estimate of drug-likeness (QED) is 0.454. The lowest BCUT2D eigenvalue weighted by Gasteiger charge is -2.34. The minimum atomic E-state index is -1.73. The van der Waals surface area contributed by atoms with Crippen LogP contribution in [0.3, 0.4) is 0 Å². The Morgan fingerprint density at radius 1 is 1.10 bits per heavy atom. The molecule has 1 fully saturated rings. The second-order valence-corrected chi connectivity index (χ2v) is 4.60. The van der Waals surface area contributed by atoms with Crippen LogP contribution in [0.5, 0.6) is 0 Å². The molecule has 108 valence electrons. The molecule has 0 aliphatic carbocycles. The Bertz CT molecular complexity index is 452. The second kappa shape index (κ2) is 6.52. The fourth-order valence-corrected chi connectivity index (χ4v) is 1.97. The second-order valence-electron chi connectivity index (χ2n) is 4.60. The van der Waals surface area contributed by atoms with Crippen molar-refractivity contribution >= 4 is 11.9 Å². The summed E-state index contributed by atoms with van der Waals surface area (Å²) in [6.07, 6.45) is 2.46. The van der Waals surface area contributed by atoms with Crippen molar-refractivity contribution in [2.45, 2.75) is 38.6 Å². The van der Waals surface area contributed by atoms with Crippen LogP contribution < -0.4 is 0 Å². The molecule has 0 radical (unpaired) electrons. The van der Waals surface area contributed by atoms with Crippen molar-refractivity contribution < 1.29 is 23.8 Å². The summed E-state index contributed by atoms with van der Waals surface area (Å²) in [5.41, 5.74) is 0.498. The zero-order valence-corrected chi connectivity index (χ0v) is 11.5. The van der Waals surface area contributed by atoms with Crippen LogP contribution in [0.4, 0.5) is 0 Å². The van der Waals surface area contributed by atoms with E-state index in [9.17, 15) is 9.59 Å². The molecule has 0 atom stereocenters. The van der Waals surface area contributed by atoms with Gasteiger partial charge in [0.05, 0.1) is 12.2 Å². The summed E-state index contributed by atoms with van der Waals surface area (Å²) >= 11 is 0. The van der Waals surface area contributed by atoms with Gasteiger partial charge in [-0.25, -0.2) is 0 Å². The Morgan fingerprint density at radius 3 is 2.35 bits per heavy atom. The highest BCUT2D eigenvalue weighted by Gasteiger charge is 2.46.